The highest BCUT2D eigenvalue weighted by molar-refractivity contribution is 8.00. The van der Waals surface area contributed by atoms with Crippen molar-refractivity contribution in [1.82, 2.24) is 5.32 Å². The molecule has 0 heterocycles. The van der Waals surface area contributed by atoms with Crippen molar-refractivity contribution in [3.8, 4) is 0 Å². The minimum atomic E-state index is 0.494. The molecule has 2 saturated carbocycles. The molecule has 0 saturated heterocycles. The van der Waals surface area contributed by atoms with Crippen molar-refractivity contribution in [1.29, 1.82) is 0 Å². The van der Waals surface area contributed by atoms with Crippen molar-refractivity contribution in [2.45, 2.75) is 82.8 Å². The Hall–Kier alpha value is 0.310. The molecule has 0 amide bonds. The Bertz CT molecular complexity index is 264. The highest BCUT2D eigenvalue weighted by Gasteiger charge is 2.42. The van der Waals surface area contributed by atoms with Gasteiger partial charge in [-0.3, -0.25) is 0 Å². The van der Waals surface area contributed by atoms with E-state index in [9.17, 15) is 0 Å². The summed E-state index contributed by atoms with van der Waals surface area (Å²) in [5.41, 5.74) is 0.494. The van der Waals surface area contributed by atoms with Gasteiger partial charge in [0, 0.05) is 16.5 Å². The highest BCUT2D eigenvalue weighted by atomic mass is 32.2. The van der Waals surface area contributed by atoms with Crippen LogP contribution < -0.4 is 5.32 Å². The zero-order valence-electron chi connectivity index (χ0n) is 12.7. The van der Waals surface area contributed by atoms with Gasteiger partial charge >= 0.3 is 0 Å². The maximum Gasteiger partial charge on any atom is 0.0237 e. The lowest BCUT2D eigenvalue weighted by atomic mass is 9.87. The standard InChI is InChI=1S/C16H31NS/c1-5-17-15-14(9-10-16(15,3)4)18-13-8-6-7-12(2)11-13/h12-15,17H,5-11H2,1-4H3. The summed E-state index contributed by atoms with van der Waals surface area (Å²) in [6, 6.07) is 0.727. The summed E-state index contributed by atoms with van der Waals surface area (Å²) in [5.74, 6) is 0.961. The Balaban J connectivity index is 1.91. The average molecular weight is 269 g/mol. The van der Waals surface area contributed by atoms with Crippen molar-refractivity contribution >= 4 is 11.8 Å². The third kappa shape index (κ3) is 3.45. The summed E-state index contributed by atoms with van der Waals surface area (Å²) in [6.45, 7) is 10.7. The summed E-state index contributed by atoms with van der Waals surface area (Å²) in [4.78, 5) is 0. The molecule has 0 radical (unpaired) electrons. The van der Waals surface area contributed by atoms with Crippen molar-refractivity contribution in [2.75, 3.05) is 6.54 Å². The van der Waals surface area contributed by atoms with Crippen LogP contribution in [0, 0.1) is 11.3 Å². The Labute approximate surface area is 118 Å². The first-order valence-corrected chi connectivity index (χ1v) is 8.86. The summed E-state index contributed by atoms with van der Waals surface area (Å²) in [7, 11) is 0. The van der Waals surface area contributed by atoms with Crippen molar-refractivity contribution < 1.29 is 0 Å². The Morgan fingerprint density at radius 2 is 2.00 bits per heavy atom. The van der Waals surface area contributed by atoms with E-state index in [2.05, 4.69) is 44.8 Å². The monoisotopic (exact) mass is 269 g/mol. The fourth-order valence-corrected chi connectivity index (χ4v) is 5.98. The lowest BCUT2D eigenvalue weighted by Gasteiger charge is -2.34. The quantitative estimate of drug-likeness (QED) is 0.808. The molecule has 2 fully saturated rings. The largest absolute Gasteiger partial charge is 0.313 e. The molecule has 4 atom stereocenters. The molecule has 4 unspecified atom stereocenters. The van der Waals surface area contributed by atoms with Crippen LogP contribution in [0.3, 0.4) is 0 Å². The average Bonchev–Trinajstić information content (AvgIpc) is 2.57. The first-order valence-electron chi connectivity index (χ1n) is 7.91. The first kappa shape index (κ1) is 14.7. The molecule has 18 heavy (non-hydrogen) atoms. The second-order valence-corrected chi connectivity index (χ2v) is 8.68. The van der Waals surface area contributed by atoms with Crippen LogP contribution in [0.1, 0.15) is 66.2 Å². The van der Waals surface area contributed by atoms with Gasteiger partial charge in [0.25, 0.3) is 0 Å². The number of thioether (sulfide) groups is 1. The van der Waals surface area contributed by atoms with Crippen LogP contribution in [0.5, 0.6) is 0 Å². The lowest BCUT2D eigenvalue weighted by Crippen LogP contribution is -2.44. The second-order valence-electron chi connectivity index (χ2n) is 7.13. The van der Waals surface area contributed by atoms with Gasteiger partial charge in [0.1, 0.15) is 0 Å². The van der Waals surface area contributed by atoms with Gasteiger partial charge in [0.2, 0.25) is 0 Å². The third-order valence-corrected chi connectivity index (χ3v) is 6.64. The van der Waals surface area contributed by atoms with Crippen LogP contribution >= 0.6 is 11.8 Å². The van der Waals surface area contributed by atoms with Crippen LogP contribution in [0.25, 0.3) is 0 Å². The smallest absolute Gasteiger partial charge is 0.0237 e. The Kier molecular flexibility index (Phi) is 5.05. The Morgan fingerprint density at radius 3 is 2.67 bits per heavy atom. The highest BCUT2D eigenvalue weighted by Crippen LogP contribution is 2.46. The predicted molar refractivity (Wildman–Crippen MR) is 83.3 cm³/mol. The topological polar surface area (TPSA) is 12.0 Å². The molecule has 2 aliphatic carbocycles. The van der Waals surface area contributed by atoms with E-state index in [-0.39, 0.29) is 0 Å². The molecule has 0 aromatic heterocycles. The summed E-state index contributed by atoms with van der Waals surface area (Å²) in [6.07, 6.45) is 8.65. The van der Waals surface area contributed by atoms with Gasteiger partial charge in [-0.25, -0.2) is 0 Å². The van der Waals surface area contributed by atoms with E-state index in [1.807, 2.05) is 0 Å². The van der Waals surface area contributed by atoms with Gasteiger partial charge in [-0.2, -0.15) is 11.8 Å². The zero-order valence-corrected chi connectivity index (χ0v) is 13.5. The molecule has 0 aromatic carbocycles. The van der Waals surface area contributed by atoms with Gasteiger partial charge in [-0.15, -0.1) is 0 Å². The molecule has 1 nitrogen and oxygen atoms in total. The van der Waals surface area contributed by atoms with Gasteiger partial charge in [0.05, 0.1) is 0 Å². The predicted octanol–water partition coefficient (Wildman–Crippen LogP) is 4.47. The van der Waals surface area contributed by atoms with Gasteiger partial charge < -0.3 is 5.32 Å². The molecule has 0 aromatic rings. The second kappa shape index (κ2) is 6.17. The van der Waals surface area contributed by atoms with Crippen molar-refractivity contribution in [3.63, 3.8) is 0 Å². The van der Waals surface area contributed by atoms with Crippen molar-refractivity contribution in [3.05, 3.63) is 0 Å². The third-order valence-electron chi connectivity index (χ3n) is 4.97. The van der Waals surface area contributed by atoms with E-state index in [0.717, 1.165) is 29.0 Å². The van der Waals surface area contributed by atoms with E-state index in [4.69, 9.17) is 0 Å². The molecular formula is C16H31NS. The van der Waals surface area contributed by atoms with E-state index < -0.39 is 0 Å². The minimum absolute atomic E-state index is 0.494. The molecule has 2 aliphatic rings. The van der Waals surface area contributed by atoms with E-state index in [0.29, 0.717) is 5.41 Å². The number of hydrogen-bond donors (Lipinski definition) is 1. The zero-order chi connectivity index (χ0) is 13.2. The number of nitrogens with one attached hydrogen (secondary N) is 1. The lowest BCUT2D eigenvalue weighted by molar-refractivity contribution is 0.290. The van der Waals surface area contributed by atoms with Crippen LogP contribution in [-0.4, -0.2) is 23.1 Å². The van der Waals surface area contributed by atoms with Gasteiger partial charge in [-0.1, -0.05) is 40.5 Å². The molecule has 1 N–H and O–H groups in total. The maximum atomic E-state index is 3.76. The molecule has 0 spiro atoms. The van der Waals surface area contributed by atoms with Crippen molar-refractivity contribution in [2.24, 2.45) is 11.3 Å². The van der Waals surface area contributed by atoms with Crippen LogP contribution in [0.15, 0.2) is 0 Å². The molecule has 106 valence electrons. The minimum Gasteiger partial charge on any atom is -0.313 e. The molecule has 0 bridgehead atoms. The molecule has 2 heteroatoms. The van der Waals surface area contributed by atoms with Crippen LogP contribution in [0.2, 0.25) is 0 Å². The fraction of sp³-hybridized carbons (Fsp3) is 1.00. The van der Waals surface area contributed by atoms with E-state index in [1.165, 1.54) is 38.5 Å². The number of hydrogen-bond acceptors (Lipinski definition) is 2. The van der Waals surface area contributed by atoms with E-state index >= 15 is 0 Å². The van der Waals surface area contributed by atoms with Gasteiger partial charge in [-0.05, 0) is 43.6 Å². The van der Waals surface area contributed by atoms with Gasteiger partial charge in [0.15, 0.2) is 0 Å². The first-order chi connectivity index (χ1) is 8.53. The molecule has 2 rings (SSSR count). The van der Waals surface area contributed by atoms with E-state index in [1.54, 1.807) is 0 Å². The summed E-state index contributed by atoms with van der Waals surface area (Å²) in [5, 5.41) is 5.56. The summed E-state index contributed by atoms with van der Waals surface area (Å²) >= 11 is 2.32. The maximum absolute atomic E-state index is 3.76. The normalized spacial score (nSPS) is 40.0. The number of rotatable bonds is 4. The molecular weight excluding hydrogens is 238 g/mol. The fourth-order valence-electron chi connectivity index (χ4n) is 3.86. The van der Waals surface area contributed by atoms with Crippen LogP contribution in [-0.2, 0) is 0 Å². The summed E-state index contributed by atoms with van der Waals surface area (Å²) < 4.78 is 0. The van der Waals surface area contributed by atoms with Crippen LogP contribution in [0.4, 0.5) is 0 Å². The SMILES string of the molecule is CCNC1C(SC2CCCC(C)C2)CCC1(C)C. The Morgan fingerprint density at radius 1 is 1.22 bits per heavy atom. The molecule has 0 aliphatic heterocycles.